The van der Waals surface area contributed by atoms with Crippen LogP contribution in [0.15, 0.2) is 0 Å². The third-order valence-corrected chi connectivity index (χ3v) is 4.67. The Kier molecular flexibility index (Phi) is 6.00. The summed E-state index contributed by atoms with van der Waals surface area (Å²) >= 11 is 0. The molecule has 0 rings (SSSR count). The molecule has 12 heavy (non-hydrogen) atoms. The average molecular weight is 188 g/mol. The van der Waals surface area contributed by atoms with E-state index in [1.807, 2.05) is 14.2 Å². The van der Waals surface area contributed by atoms with Crippen molar-refractivity contribution in [3.63, 3.8) is 0 Å². The monoisotopic (exact) mass is 188 g/mol. The third kappa shape index (κ3) is 5.03. The van der Waals surface area contributed by atoms with Gasteiger partial charge in [0.25, 0.3) is 0 Å². The molecule has 0 bridgehead atoms. The van der Waals surface area contributed by atoms with Crippen LogP contribution < -0.4 is 0 Å². The Morgan fingerprint density at radius 1 is 1.25 bits per heavy atom. The molecule has 0 aromatic carbocycles. The van der Waals surface area contributed by atoms with Gasteiger partial charge >= 0.3 is 0 Å². The number of unbranched alkanes of at least 4 members (excludes halogenated alkanes) is 1. The molecule has 0 amide bonds. The van der Waals surface area contributed by atoms with Crippen LogP contribution in [0.1, 0.15) is 46.0 Å². The Morgan fingerprint density at radius 3 is 2.17 bits per heavy atom. The van der Waals surface area contributed by atoms with Crippen molar-refractivity contribution < 1.29 is 4.57 Å². The zero-order valence-corrected chi connectivity index (χ0v) is 9.86. The first kappa shape index (κ1) is 12.3. The smallest absolute Gasteiger partial charge is 0.182 e. The molecule has 72 valence electrons. The van der Waals surface area contributed by atoms with E-state index in [0.29, 0.717) is 5.66 Å². The Hall–Kier alpha value is 0.295. The minimum absolute atomic E-state index is 0.488. The molecule has 0 aliphatic rings. The van der Waals surface area contributed by atoms with Crippen LogP contribution in [-0.4, -0.2) is 19.9 Å². The van der Waals surface area contributed by atoms with E-state index in [9.17, 15) is 4.57 Å². The van der Waals surface area contributed by atoms with E-state index in [4.69, 9.17) is 0 Å². The fourth-order valence-corrected chi connectivity index (χ4v) is 3.22. The minimum Gasteiger partial charge on any atom is -0.335 e. The van der Waals surface area contributed by atoms with Gasteiger partial charge in [0.1, 0.15) is 0 Å². The maximum Gasteiger partial charge on any atom is 0.182 e. The van der Waals surface area contributed by atoms with Gasteiger partial charge in [0.2, 0.25) is 0 Å². The zero-order chi connectivity index (χ0) is 9.61. The van der Waals surface area contributed by atoms with Gasteiger partial charge in [-0.15, -0.1) is 0 Å². The predicted molar refractivity (Wildman–Crippen MR) is 60.3 cm³/mol. The van der Waals surface area contributed by atoms with E-state index in [0.717, 1.165) is 12.8 Å². The summed E-state index contributed by atoms with van der Waals surface area (Å²) in [6, 6.07) is 0. The highest BCUT2D eigenvalue weighted by atomic mass is 31.2. The second-order valence-corrected chi connectivity index (χ2v) is 7.62. The summed E-state index contributed by atoms with van der Waals surface area (Å²) in [6.45, 7) is 6.30. The molecule has 0 fully saturated rings. The van der Waals surface area contributed by atoms with E-state index in [2.05, 4.69) is 13.8 Å². The highest BCUT2D eigenvalue weighted by molar-refractivity contribution is 7.87. The molecule has 0 aliphatic carbocycles. The molecule has 2 unspecified atom stereocenters. The fourth-order valence-electron chi connectivity index (χ4n) is 1.54. The molecule has 0 N–H and O–H groups in total. The normalized spacial score (nSPS) is 18.6. The molecule has 0 saturated heterocycles. The predicted octanol–water partition coefficient (Wildman–Crippen LogP) is 2.89. The summed E-state index contributed by atoms with van der Waals surface area (Å²) < 4.78 is 11.8. The van der Waals surface area contributed by atoms with Gasteiger partial charge in [-0.3, -0.25) is 0 Å². The van der Waals surface area contributed by atoms with Crippen LogP contribution in [0.3, 0.4) is 0 Å². The molecular formula is C9H22BOP. The molecule has 0 aromatic rings. The lowest BCUT2D eigenvalue weighted by molar-refractivity contribution is 0.554. The first-order valence-electron chi connectivity index (χ1n) is 5.07. The largest absolute Gasteiger partial charge is 0.335 e. The van der Waals surface area contributed by atoms with Crippen molar-refractivity contribution in [3.8, 4) is 0 Å². The Labute approximate surface area is 78.1 Å². The van der Waals surface area contributed by atoms with Crippen LogP contribution in [0.4, 0.5) is 0 Å². The molecule has 2 atom stereocenters. The third-order valence-electron chi connectivity index (χ3n) is 2.39. The molecule has 0 radical (unpaired) electrons. The molecule has 0 aromatic heterocycles. The molecule has 0 aliphatic heterocycles. The van der Waals surface area contributed by atoms with Crippen molar-refractivity contribution in [3.05, 3.63) is 0 Å². The van der Waals surface area contributed by atoms with Gasteiger partial charge in [-0.05, 0) is 19.5 Å². The van der Waals surface area contributed by atoms with Crippen molar-refractivity contribution in [1.29, 1.82) is 0 Å². The first-order chi connectivity index (χ1) is 5.52. The summed E-state index contributed by atoms with van der Waals surface area (Å²) in [5.41, 5.74) is 0.488. The second-order valence-electron chi connectivity index (χ2n) is 4.02. The highest BCUT2D eigenvalue weighted by Crippen LogP contribution is 2.45. The molecule has 0 saturated carbocycles. The lowest BCUT2D eigenvalue weighted by Gasteiger charge is -2.20. The van der Waals surface area contributed by atoms with Crippen molar-refractivity contribution in [2.75, 3.05) is 6.66 Å². The number of hydrogen-bond acceptors (Lipinski definition) is 1. The summed E-state index contributed by atoms with van der Waals surface area (Å²) in [5, 5.41) is 0. The van der Waals surface area contributed by atoms with Crippen molar-refractivity contribution in [2.45, 2.75) is 51.6 Å². The average Bonchev–Trinajstić information content (AvgIpc) is 1.95. The maximum atomic E-state index is 11.8. The van der Waals surface area contributed by atoms with Crippen molar-refractivity contribution >= 4 is 14.6 Å². The number of hydrogen-bond donors (Lipinski definition) is 0. The van der Waals surface area contributed by atoms with Crippen LogP contribution in [0.2, 0.25) is 0 Å². The van der Waals surface area contributed by atoms with E-state index in [-0.39, 0.29) is 0 Å². The first-order valence-corrected chi connectivity index (χ1v) is 7.74. The van der Waals surface area contributed by atoms with Gasteiger partial charge < -0.3 is 4.57 Å². The zero-order valence-electron chi connectivity index (χ0n) is 8.97. The molecule has 0 heterocycles. The van der Waals surface area contributed by atoms with E-state index in [1.165, 1.54) is 19.3 Å². The van der Waals surface area contributed by atoms with Crippen LogP contribution in [0, 0.1) is 0 Å². The van der Waals surface area contributed by atoms with Crippen molar-refractivity contribution in [2.24, 2.45) is 0 Å². The van der Waals surface area contributed by atoms with Gasteiger partial charge in [0.05, 0.1) is 0 Å². The van der Waals surface area contributed by atoms with E-state index in [1.54, 1.807) is 0 Å². The van der Waals surface area contributed by atoms with Gasteiger partial charge in [0, 0.05) is 12.7 Å². The fraction of sp³-hybridized carbons (Fsp3) is 1.00. The lowest BCUT2D eigenvalue weighted by Crippen LogP contribution is -2.07. The maximum absolute atomic E-state index is 11.8. The summed E-state index contributed by atoms with van der Waals surface area (Å²) in [7, 11) is 0.111. The van der Waals surface area contributed by atoms with Gasteiger partial charge in [-0.2, -0.15) is 0 Å². The highest BCUT2D eigenvalue weighted by Gasteiger charge is 2.20. The van der Waals surface area contributed by atoms with Crippen LogP contribution in [0.5, 0.6) is 0 Å². The Balaban J connectivity index is 3.95. The Bertz CT molecular complexity index is 153. The SMILES string of the molecule is BP(C)(=O)C(CCC)CCCC. The van der Waals surface area contributed by atoms with Gasteiger partial charge in [0.15, 0.2) is 7.57 Å². The van der Waals surface area contributed by atoms with Crippen LogP contribution in [-0.2, 0) is 4.57 Å². The van der Waals surface area contributed by atoms with Crippen LogP contribution >= 0.6 is 7.02 Å². The lowest BCUT2D eigenvalue weighted by atomic mass is 10.1. The van der Waals surface area contributed by atoms with Crippen molar-refractivity contribution in [1.82, 2.24) is 0 Å². The molecule has 3 heteroatoms. The summed E-state index contributed by atoms with van der Waals surface area (Å²) in [4.78, 5) is 0. The Morgan fingerprint density at radius 2 is 1.83 bits per heavy atom. The standard InChI is InChI=1S/C9H22BOP/c1-4-6-8-9(7-5-2)12(3,10)11/h9H,4-8,10H2,1-3H3. The molecular weight excluding hydrogens is 166 g/mol. The second kappa shape index (κ2) is 5.86. The molecule has 0 spiro atoms. The summed E-state index contributed by atoms with van der Waals surface area (Å²) in [6.07, 6.45) is 5.93. The topological polar surface area (TPSA) is 17.1 Å². The van der Waals surface area contributed by atoms with Gasteiger partial charge in [-0.1, -0.05) is 33.1 Å². The molecule has 1 nitrogen and oxygen atoms in total. The summed E-state index contributed by atoms with van der Waals surface area (Å²) in [5.74, 6) is 0. The minimum atomic E-state index is -1.82. The number of rotatable bonds is 6. The quantitative estimate of drug-likeness (QED) is 0.462. The van der Waals surface area contributed by atoms with E-state index >= 15 is 0 Å². The van der Waals surface area contributed by atoms with Gasteiger partial charge in [-0.25, -0.2) is 0 Å². The van der Waals surface area contributed by atoms with E-state index < -0.39 is 7.02 Å². The van der Waals surface area contributed by atoms with Crippen LogP contribution in [0.25, 0.3) is 0 Å².